The highest BCUT2D eigenvalue weighted by Gasteiger charge is 2.31. The van der Waals surface area contributed by atoms with Crippen LogP contribution in [0.5, 0.6) is 0 Å². The Labute approximate surface area is 123 Å². The Morgan fingerprint density at radius 3 is 2.45 bits per heavy atom. The number of halogens is 1. The van der Waals surface area contributed by atoms with Crippen molar-refractivity contribution in [3.8, 4) is 0 Å². The lowest BCUT2D eigenvalue weighted by Crippen LogP contribution is -2.41. The summed E-state index contributed by atoms with van der Waals surface area (Å²) in [7, 11) is -3.54. The van der Waals surface area contributed by atoms with Gasteiger partial charge in [-0.25, -0.2) is 8.42 Å². The molecule has 1 aliphatic heterocycles. The molecule has 0 aromatic heterocycles. The van der Waals surface area contributed by atoms with Crippen LogP contribution in [0.3, 0.4) is 0 Å². The van der Waals surface area contributed by atoms with Crippen LogP contribution in [0.15, 0.2) is 23.1 Å². The first-order valence-corrected chi connectivity index (χ1v) is 8.20. The molecule has 1 heterocycles. The van der Waals surface area contributed by atoms with Crippen LogP contribution in [0.25, 0.3) is 0 Å². The first-order valence-electron chi connectivity index (χ1n) is 6.38. The lowest BCUT2D eigenvalue weighted by atomic mass is 9.98. The minimum absolute atomic E-state index is 0.229. The second kappa shape index (κ2) is 5.71. The molecule has 1 aromatic carbocycles. The highest BCUT2D eigenvalue weighted by molar-refractivity contribution is 7.89. The van der Waals surface area contributed by atoms with Gasteiger partial charge in [0.15, 0.2) is 0 Å². The van der Waals surface area contributed by atoms with E-state index in [2.05, 4.69) is 0 Å². The molecule has 2 N–H and O–H groups in total. The number of carbonyl (C=O) groups excluding carboxylic acids is 1. The van der Waals surface area contributed by atoms with Gasteiger partial charge in [0, 0.05) is 24.0 Å². The van der Waals surface area contributed by atoms with Crippen LogP contribution in [0.2, 0.25) is 5.02 Å². The van der Waals surface area contributed by atoms with Crippen molar-refractivity contribution in [3.05, 3.63) is 28.8 Å². The standard InChI is InChI=1S/C13H17ClN2O3S/c1-9-8-11(14)2-3-12(9)20(18,19)16-6-4-10(5-7-16)13(15)17/h2-3,8,10H,4-7H2,1H3,(H2,15,17). The molecule has 5 nitrogen and oxygen atoms in total. The fraction of sp³-hybridized carbons (Fsp3) is 0.462. The van der Waals surface area contributed by atoms with Crippen molar-refractivity contribution < 1.29 is 13.2 Å². The largest absolute Gasteiger partial charge is 0.369 e. The summed E-state index contributed by atoms with van der Waals surface area (Å²) in [5, 5.41) is 0.508. The van der Waals surface area contributed by atoms with Crippen molar-refractivity contribution in [2.75, 3.05) is 13.1 Å². The lowest BCUT2D eigenvalue weighted by molar-refractivity contribution is -0.122. The number of hydrogen-bond acceptors (Lipinski definition) is 3. The van der Waals surface area contributed by atoms with E-state index in [0.717, 1.165) is 0 Å². The van der Waals surface area contributed by atoms with E-state index in [1.165, 1.54) is 10.4 Å². The van der Waals surface area contributed by atoms with E-state index in [-0.39, 0.29) is 16.7 Å². The summed E-state index contributed by atoms with van der Waals surface area (Å²) >= 11 is 5.85. The van der Waals surface area contributed by atoms with Gasteiger partial charge in [-0.3, -0.25) is 4.79 Å². The van der Waals surface area contributed by atoms with E-state index >= 15 is 0 Å². The van der Waals surface area contributed by atoms with Crippen molar-refractivity contribution in [2.24, 2.45) is 11.7 Å². The molecule has 0 saturated carbocycles. The molecule has 1 aliphatic rings. The molecule has 2 rings (SSSR count). The number of rotatable bonds is 3. The van der Waals surface area contributed by atoms with Crippen molar-refractivity contribution in [1.82, 2.24) is 4.31 Å². The van der Waals surface area contributed by atoms with Crippen LogP contribution in [0.1, 0.15) is 18.4 Å². The molecule has 20 heavy (non-hydrogen) atoms. The molecule has 0 aliphatic carbocycles. The number of nitrogens with zero attached hydrogens (tertiary/aromatic N) is 1. The number of nitrogens with two attached hydrogens (primary N) is 1. The SMILES string of the molecule is Cc1cc(Cl)ccc1S(=O)(=O)N1CCC(C(N)=O)CC1. The monoisotopic (exact) mass is 316 g/mol. The minimum Gasteiger partial charge on any atom is -0.369 e. The van der Waals surface area contributed by atoms with Crippen molar-refractivity contribution in [1.29, 1.82) is 0 Å². The highest BCUT2D eigenvalue weighted by atomic mass is 35.5. The van der Waals surface area contributed by atoms with Gasteiger partial charge in [0.2, 0.25) is 15.9 Å². The molecule has 0 atom stereocenters. The van der Waals surface area contributed by atoms with Crippen molar-refractivity contribution >= 4 is 27.5 Å². The van der Waals surface area contributed by atoms with Gasteiger partial charge in [-0.2, -0.15) is 4.31 Å². The first kappa shape index (κ1) is 15.3. The number of benzene rings is 1. The summed E-state index contributed by atoms with van der Waals surface area (Å²) in [5.74, 6) is -0.586. The molecule has 1 amide bonds. The first-order chi connectivity index (χ1) is 9.32. The number of primary amides is 1. The molecule has 1 aromatic rings. The summed E-state index contributed by atoms with van der Waals surface area (Å²) in [6.07, 6.45) is 0.947. The molecule has 0 radical (unpaired) electrons. The van der Waals surface area contributed by atoms with Gasteiger partial charge in [0.1, 0.15) is 0 Å². The van der Waals surface area contributed by atoms with Gasteiger partial charge < -0.3 is 5.73 Å². The van der Waals surface area contributed by atoms with Crippen LogP contribution in [-0.4, -0.2) is 31.7 Å². The van der Waals surface area contributed by atoms with E-state index in [0.29, 0.717) is 36.5 Å². The van der Waals surface area contributed by atoms with Gasteiger partial charge in [0.05, 0.1) is 4.90 Å². The van der Waals surface area contributed by atoms with E-state index in [9.17, 15) is 13.2 Å². The van der Waals surface area contributed by atoms with Crippen LogP contribution in [-0.2, 0) is 14.8 Å². The summed E-state index contributed by atoms with van der Waals surface area (Å²) in [4.78, 5) is 11.4. The van der Waals surface area contributed by atoms with E-state index in [1.54, 1.807) is 19.1 Å². The maximum absolute atomic E-state index is 12.6. The normalized spacial score (nSPS) is 18.1. The third-order valence-electron chi connectivity index (χ3n) is 3.61. The predicted octanol–water partition coefficient (Wildman–Crippen LogP) is 1.53. The van der Waals surface area contributed by atoms with Gasteiger partial charge in [0.25, 0.3) is 0 Å². The van der Waals surface area contributed by atoms with Crippen LogP contribution >= 0.6 is 11.6 Å². The Morgan fingerprint density at radius 2 is 1.95 bits per heavy atom. The average Bonchev–Trinajstić information content (AvgIpc) is 2.38. The van der Waals surface area contributed by atoms with Crippen molar-refractivity contribution in [2.45, 2.75) is 24.7 Å². The number of piperidine rings is 1. The topological polar surface area (TPSA) is 80.5 Å². The van der Waals surface area contributed by atoms with E-state index in [4.69, 9.17) is 17.3 Å². The molecular weight excluding hydrogens is 300 g/mol. The van der Waals surface area contributed by atoms with Gasteiger partial charge >= 0.3 is 0 Å². The zero-order valence-corrected chi connectivity index (χ0v) is 12.7. The van der Waals surface area contributed by atoms with Gasteiger partial charge in [-0.15, -0.1) is 0 Å². The maximum Gasteiger partial charge on any atom is 0.243 e. The predicted molar refractivity (Wildman–Crippen MR) is 76.9 cm³/mol. The van der Waals surface area contributed by atoms with Crippen LogP contribution < -0.4 is 5.73 Å². The number of hydrogen-bond donors (Lipinski definition) is 1. The van der Waals surface area contributed by atoms with E-state index in [1.807, 2.05) is 0 Å². The molecule has 1 fully saturated rings. The molecule has 0 bridgehead atoms. The van der Waals surface area contributed by atoms with Gasteiger partial charge in [-0.05, 0) is 43.5 Å². The molecule has 1 saturated heterocycles. The molecule has 0 unspecified atom stereocenters. The highest BCUT2D eigenvalue weighted by Crippen LogP contribution is 2.26. The Hall–Kier alpha value is -1.11. The fourth-order valence-electron chi connectivity index (χ4n) is 2.42. The Bertz CT molecular complexity index is 623. The average molecular weight is 317 g/mol. The molecule has 7 heteroatoms. The Kier molecular flexibility index (Phi) is 4.36. The maximum atomic E-state index is 12.6. The quantitative estimate of drug-likeness (QED) is 0.918. The van der Waals surface area contributed by atoms with Gasteiger partial charge in [-0.1, -0.05) is 11.6 Å². The van der Waals surface area contributed by atoms with E-state index < -0.39 is 10.0 Å². The lowest BCUT2D eigenvalue weighted by Gasteiger charge is -2.30. The summed E-state index contributed by atoms with van der Waals surface area (Å²) in [5.41, 5.74) is 5.87. The minimum atomic E-state index is -3.54. The summed E-state index contributed by atoms with van der Waals surface area (Å²) in [6, 6.07) is 4.72. The summed E-state index contributed by atoms with van der Waals surface area (Å²) < 4.78 is 26.5. The summed E-state index contributed by atoms with van der Waals surface area (Å²) in [6.45, 7) is 2.35. The molecule has 110 valence electrons. The zero-order valence-electron chi connectivity index (χ0n) is 11.2. The fourth-order valence-corrected chi connectivity index (χ4v) is 4.32. The van der Waals surface area contributed by atoms with Crippen LogP contribution in [0, 0.1) is 12.8 Å². The number of carbonyl (C=O) groups is 1. The smallest absolute Gasteiger partial charge is 0.243 e. The number of aryl methyl sites for hydroxylation is 1. The zero-order chi connectivity index (χ0) is 14.9. The molecule has 0 spiro atoms. The van der Waals surface area contributed by atoms with Crippen molar-refractivity contribution in [3.63, 3.8) is 0 Å². The second-order valence-corrected chi connectivity index (χ2v) is 7.33. The Balaban J connectivity index is 2.22. The Morgan fingerprint density at radius 1 is 1.35 bits per heavy atom. The number of amides is 1. The second-order valence-electron chi connectivity index (χ2n) is 4.99. The van der Waals surface area contributed by atoms with Crippen LogP contribution in [0.4, 0.5) is 0 Å². The number of sulfonamides is 1. The third kappa shape index (κ3) is 2.97. The third-order valence-corrected chi connectivity index (χ3v) is 5.91. The molecular formula is C13H17ClN2O3S.